The van der Waals surface area contributed by atoms with Gasteiger partial charge in [0, 0.05) is 0 Å². The fourth-order valence-corrected chi connectivity index (χ4v) is 2.43. The second-order valence-corrected chi connectivity index (χ2v) is 4.86. The van der Waals surface area contributed by atoms with E-state index in [1.807, 2.05) is 18.2 Å². The van der Waals surface area contributed by atoms with Crippen LogP contribution in [-0.4, -0.2) is 34.3 Å². The Bertz CT molecular complexity index is 670. The van der Waals surface area contributed by atoms with Crippen molar-refractivity contribution < 1.29 is 23.7 Å². The highest BCUT2D eigenvalue weighted by atomic mass is 16.5. The van der Waals surface area contributed by atoms with Crippen LogP contribution in [0.2, 0.25) is 0 Å². The maximum Gasteiger partial charge on any atom is 0.259 e. The Hall–Kier alpha value is -2.89. The highest BCUT2D eigenvalue weighted by molar-refractivity contribution is 5.99. The number of nitrogens with one attached hydrogen (secondary N) is 1. The van der Waals surface area contributed by atoms with Gasteiger partial charge in [-0.2, -0.15) is 0 Å². The largest absolute Gasteiger partial charge is 0.496 e. The molecule has 0 radical (unpaired) electrons. The van der Waals surface area contributed by atoms with E-state index in [2.05, 4.69) is 5.32 Å². The average Bonchev–Trinajstić information content (AvgIpc) is 2.64. The number of rotatable bonds is 7. The van der Waals surface area contributed by atoms with Gasteiger partial charge in [-0.15, -0.1) is 0 Å². The van der Waals surface area contributed by atoms with Crippen molar-refractivity contribution in [1.29, 1.82) is 0 Å². The van der Waals surface area contributed by atoms with Gasteiger partial charge in [0.15, 0.2) is 0 Å². The van der Waals surface area contributed by atoms with Crippen LogP contribution in [0.15, 0.2) is 36.4 Å². The molecule has 0 heterocycles. The molecule has 0 unspecified atom stereocenters. The van der Waals surface area contributed by atoms with Crippen LogP contribution < -0.4 is 24.3 Å². The molecule has 0 spiro atoms. The van der Waals surface area contributed by atoms with Crippen molar-refractivity contribution in [2.75, 3.05) is 28.4 Å². The lowest BCUT2D eigenvalue weighted by molar-refractivity contribution is 0.0944. The molecule has 0 aromatic heterocycles. The van der Waals surface area contributed by atoms with E-state index in [4.69, 9.17) is 18.9 Å². The molecule has 2 rings (SSSR count). The Kier molecular flexibility index (Phi) is 5.89. The molecule has 1 amide bonds. The van der Waals surface area contributed by atoms with Gasteiger partial charge in [0.1, 0.15) is 28.6 Å². The second kappa shape index (κ2) is 8.10. The van der Waals surface area contributed by atoms with Crippen molar-refractivity contribution in [2.24, 2.45) is 0 Å². The van der Waals surface area contributed by atoms with Crippen LogP contribution in [0.25, 0.3) is 0 Å². The maximum atomic E-state index is 12.6. The van der Waals surface area contributed by atoms with E-state index < -0.39 is 0 Å². The summed E-state index contributed by atoms with van der Waals surface area (Å²) in [6.07, 6.45) is 0. The first kappa shape index (κ1) is 17.5. The van der Waals surface area contributed by atoms with Crippen LogP contribution in [0.1, 0.15) is 15.9 Å². The molecule has 0 bridgehead atoms. The normalized spacial score (nSPS) is 10.0. The van der Waals surface area contributed by atoms with E-state index >= 15 is 0 Å². The molecule has 0 aliphatic carbocycles. The number of carbonyl (C=O) groups is 1. The zero-order chi connectivity index (χ0) is 17.5. The molecule has 2 aromatic carbocycles. The van der Waals surface area contributed by atoms with Gasteiger partial charge in [-0.25, -0.2) is 0 Å². The van der Waals surface area contributed by atoms with Crippen LogP contribution in [0, 0.1) is 0 Å². The quantitative estimate of drug-likeness (QED) is 0.845. The minimum Gasteiger partial charge on any atom is -0.496 e. The molecule has 0 saturated carbocycles. The summed E-state index contributed by atoms with van der Waals surface area (Å²) in [4.78, 5) is 12.6. The van der Waals surface area contributed by atoms with Crippen molar-refractivity contribution in [3.63, 3.8) is 0 Å². The topological polar surface area (TPSA) is 66.0 Å². The molecule has 0 aliphatic heterocycles. The average molecular weight is 331 g/mol. The molecule has 0 saturated heterocycles. The van der Waals surface area contributed by atoms with E-state index in [0.29, 0.717) is 28.6 Å². The summed E-state index contributed by atoms with van der Waals surface area (Å²) in [5.41, 5.74) is 1.10. The van der Waals surface area contributed by atoms with E-state index in [9.17, 15) is 4.79 Å². The third kappa shape index (κ3) is 3.53. The van der Waals surface area contributed by atoms with Gasteiger partial charge >= 0.3 is 0 Å². The molecular formula is C18H21NO5. The summed E-state index contributed by atoms with van der Waals surface area (Å²) < 4.78 is 21.2. The fourth-order valence-electron chi connectivity index (χ4n) is 2.43. The van der Waals surface area contributed by atoms with Crippen LogP contribution >= 0.6 is 0 Å². The summed E-state index contributed by atoms with van der Waals surface area (Å²) >= 11 is 0. The number of hydrogen-bond acceptors (Lipinski definition) is 5. The van der Waals surface area contributed by atoms with Gasteiger partial charge in [-0.3, -0.25) is 4.79 Å². The third-order valence-electron chi connectivity index (χ3n) is 3.61. The number of benzene rings is 2. The first-order valence-corrected chi connectivity index (χ1v) is 7.35. The smallest absolute Gasteiger partial charge is 0.259 e. The maximum absolute atomic E-state index is 12.6. The predicted octanol–water partition coefficient (Wildman–Crippen LogP) is 2.65. The lowest BCUT2D eigenvalue weighted by Gasteiger charge is -2.15. The zero-order valence-electron chi connectivity index (χ0n) is 14.2. The van der Waals surface area contributed by atoms with E-state index in [-0.39, 0.29) is 12.5 Å². The van der Waals surface area contributed by atoms with Gasteiger partial charge in [0.2, 0.25) is 0 Å². The van der Waals surface area contributed by atoms with Gasteiger partial charge in [0.25, 0.3) is 5.91 Å². The molecule has 6 heteroatoms. The minimum absolute atomic E-state index is 0.243. The Morgan fingerprint density at radius 2 is 1.21 bits per heavy atom. The molecule has 1 N–H and O–H groups in total. The fraction of sp³-hybridized carbons (Fsp3) is 0.278. The summed E-state index contributed by atoms with van der Waals surface area (Å²) in [6, 6.07) is 10.6. The molecule has 6 nitrogen and oxygen atoms in total. The molecule has 24 heavy (non-hydrogen) atoms. The molecule has 0 fully saturated rings. The lowest BCUT2D eigenvalue weighted by Crippen LogP contribution is -2.24. The van der Waals surface area contributed by atoms with Crippen LogP contribution in [0.5, 0.6) is 23.0 Å². The molecule has 0 atom stereocenters. The number of hydrogen-bond donors (Lipinski definition) is 1. The Morgan fingerprint density at radius 3 is 1.62 bits per heavy atom. The summed E-state index contributed by atoms with van der Waals surface area (Å²) in [5.74, 6) is 1.86. The lowest BCUT2D eigenvalue weighted by atomic mass is 10.1. The number of amides is 1. The standard InChI is InChI=1S/C18H21NO5/c1-21-13-7-5-8-14(22-2)12(13)11-19-18(20)17-15(23-3)9-6-10-16(17)24-4/h5-10H,11H2,1-4H3,(H,19,20). The number of methoxy groups -OCH3 is 4. The number of ether oxygens (including phenoxy) is 4. The summed E-state index contributed by atoms with van der Waals surface area (Å²) in [6.45, 7) is 0.243. The number of carbonyl (C=O) groups excluding carboxylic acids is 1. The first-order chi connectivity index (χ1) is 11.7. The van der Waals surface area contributed by atoms with Crippen LogP contribution in [-0.2, 0) is 6.54 Å². The van der Waals surface area contributed by atoms with Gasteiger partial charge < -0.3 is 24.3 Å². The highest BCUT2D eigenvalue weighted by Gasteiger charge is 2.19. The Morgan fingerprint density at radius 1 is 0.792 bits per heavy atom. The van der Waals surface area contributed by atoms with Crippen molar-refractivity contribution in [1.82, 2.24) is 5.32 Å². The third-order valence-corrected chi connectivity index (χ3v) is 3.61. The van der Waals surface area contributed by atoms with Crippen molar-refractivity contribution in [3.8, 4) is 23.0 Å². The van der Waals surface area contributed by atoms with Crippen LogP contribution in [0.4, 0.5) is 0 Å². The van der Waals surface area contributed by atoms with Crippen molar-refractivity contribution in [2.45, 2.75) is 6.54 Å². The van der Waals surface area contributed by atoms with Gasteiger partial charge in [-0.05, 0) is 24.3 Å². The monoisotopic (exact) mass is 331 g/mol. The van der Waals surface area contributed by atoms with Crippen molar-refractivity contribution >= 4 is 5.91 Å². The second-order valence-electron chi connectivity index (χ2n) is 4.86. The van der Waals surface area contributed by atoms with Gasteiger partial charge in [0.05, 0.1) is 40.5 Å². The first-order valence-electron chi connectivity index (χ1n) is 7.35. The van der Waals surface area contributed by atoms with Gasteiger partial charge in [-0.1, -0.05) is 12.1 Å². The van der Waals surface area contributed by atoms with Crippen LogP contribution in [0.3, 0.4) is 0 Å². The Labute approximate surface area is 141 Å². The summed E-state index contributed by atoms with van der Waals surface area (Å²) in [7, 11) is 6.16. The predicted molar refractivity (Wildman–Crippen MR) is 90.3 cm³/mol. The van der Waals surface area contributed by atoms with E-state index in [1.54, 1.807) is 32.4 Å². The molecule has 2 aromatic rings. The molecule has 128 valence electrons. The summed E-state index contributed by atoms with van der Waals surface area (Å²) in [5, 5.41) is 2.86. The van der Waals surface area contributed by atoms with E-state index in [0.717, 1.165) is 5.56 Å². The zero-order valence-corrected chi connectivity index (χ0v) is 14.2. The SMILES string of the molecule is COc1cccc(OC)c1CNC(=O)c1c(OC)cccc1OC. The highest BCUT2D eigenvalue weighted by Crippen LogP contribution is 2.30. The van der Waals surface area contributed by atoms with E-state index in [1.165, 1.54) is 14.2 Å². The molecule has 0 aliphatic rings. The minimum atomic E-state index is -0.308. The Balaban J connectivity index is 2.27. The van der Waals surface area contributed by atoms with Crippen molar-refractivity contribution in [3.05, 3.63) is 47.5 Å². The molecular weight excluding hydrogens is 310 g/mol.